The molecule has 10 heteroatoms. The number of nitrogens with one attached hydrogen (secondary N) is 3. The first kappa shape index (κ1) is 23.8. The zero-order valence-corrected chi connectivity index (χ0v) is 20.0. The number of H-pyrrole nitrogens is 1. The minimum atomic E-state index is -0.780. The van der Waals surface area contributed by atoms with Crippen molar-refractivity contribution in [3.8, 4) is 0 Å². The molecule has 0 bridgehead atoms. The van der Waals surface area contributed by atoms with Crippen molar-refractivity contribution < 1.29 is 9.59 Å². The molecule has 4 rings (SSSR count). The van der Waals surface area contributed by atoms with Crippen molar-refractivity contribution in [1.29, 1.82) is 0 Å². The number of benzene rings is 1. The molecule has 0 radical (unpaired) electrons. The fourth-order valence-electron chi connectivity index (χ4n) is 3.66. The summed E-state index contributed by atoms with van der Waals surface area (Å²) >= 11 is 11.9. The van der Waals surface area contributed by atoms with Gasteiger partial charge < -0.3 is 15.6 Å². The number of imidazole rings is 1. The lowest BCUT2D eigenvalue weighted by atomic mass is 10.0. The van der Waals surface area contributed by atoms with Gasteiger partial charge in [-0.15, -0.1) is 0 Å². The van der Waals surface area contributed by atoms with Gasteiger partial charge >= 0.3 is 0 Å². The molecule has 0 aliphatic heterocycles. The Balaban J connectivity index is 1.51. The zero-order chi connectivity index (χ0) is 24.1. The molecule has 0 saturated heterocycles. The van der Waals surface area contributed by atoms with Crippen molar-refractivity contribution in [2.24, 2.45) is 0 Å². The van der Waals surface area contributed by atoms with Gasteiger partial charge in [-0.25, -0.2) is 9.97 Å². The molecule has 0 aliphatic rings. The molecular formula is C24H24Cl2N6O2. The maximum absolute atomic E-state index is 13.3. The highest BCUT2D eigenvalue weighted by atomic mass is 35.5. The summed E-state index contributed by atoms with van der Waals surface area (Å²) in [5, 5.41) is 6.26. The highest BCUT2D eigenvalue weighted by molar-refractivity contribution is 6.41. The van der Waals surface area contributed by atoms with Crippen molar-refractivity contribution in [2.75, 3.05) is 0 Å². The van der Waals surface area contributed by atoms with Gasteiger partial charge in [-0.2, -0.15) is 0 Å². The summed E-state index contributed by atoms with van der Waals surface area (Å²) in [6.07, 6.45) is 7.00. The average Bonchev–Trinajstić information content (AvgIpc) is 3.43. The predicted octanol–water partition coefficient (Wildman–Crippen LogP) is 4.36. The molecule has 0 unspecified atom stereocenters. The maximum Gasteiger partial charge on any atom is 0.268 e. The highest BCUT2D eigenvalue weighted by Gasteiger charge is 2.26. The van der Waals surface area contributed by atoms with Crippen LogP contribution >= 0.6 is 23.2 Å². The number of hydrogen-bond acceptors (Lipinski definition) is 4. The van der Waals surface area contributed by atoms with Crippen LogP contribution in [0.3, 0.4) is 0 Å². The Morgan fingerprint density at radius 2 is 1.94 bits per heavy atom. The van der Waals surface area contributed by atoms with E-state index in [0.29, 0.717) is 30.7 Å². The third kappa shape index (κ3) is 5.58. The Bertz CT molecular complexity index is 1230. The number of aromatic nitrogens is 4. The molecule has 8 nitrogen and oxygen atoms in total. The Morgan fingerprint density at radius 3 is 2.62 bits per heavy atom. The van der Waals surface area contributed by atoms with Crippen LogP contribution < -0.4 is 10.6 Å². The monoisotopic (exact) mass is 498 g/mol. The van der Waals surface area contributed by atoms with Crippen molar-refractivity contribution in [3.05, 3.63) is 88.2 Å². The van der Waals surface area contributed by atoms with Gasteiger partial charge in [0.05, 0.1) is 16.8 Å². The van der Waals surface area contributed by atoms with Gasteiger partial charge in [0, 0.05) is 18.6 Å². The largest absolute Gasteiger partial charge is 0.346 e. The van der Waals surface area contributed by atoms with E-state index < -0.39 is 11.9 Å². The quantitative estimate of drug-likeness (QED) is 0.318. The second-order valence-corrected chi connectivity index (χ2v) is 8.64. The molecule has 176 valence electrons. The standard InChI is InChI=1S/C24H24Cl2N6O2/c1-2-17(20-14-32-12-6-11-27-24(32)31-20)29-22(33)18(10-9-15-7-4-3-5-8-15)30-23(34)19-13-16(25)21(26)28-19/h3-8,11-14,17-18,28H,2,9-10H2,1H3,(H,29,33)(H,30,34)/t17-,18-/m0/s1. The van der Waals surface area contributed by atoms with Crippen molar-refractivity contribution in [1.82, 2.24) is 30.0 Å². The lowest BCUT2D eigenvalue weighted by molar-refractivity contribution is -0.124. The first-order valence-corrected chi connectivity index (χ1v) is 11.7. The Morgan fingerprint density at radius 1 is 1.15 bits per heavy atom. The van der Waals surface area contributed by atoms with E-state index in [-0.39, 0.29) is 27.8 Å². The van der Waals surface area contributed by atoms with Crippen molar-refractivity contribution >= 4 is 40.8 Å². The van der Waals surface area contributed by atoms with E-state index in [0.717, 1.165) is 5.56 Å². The molecule has 3 aromatic heterocycles. The maximum atomic E-state index is 13.3. The number of nitrogens with zero attached hydrogens (tertiary/aromatic N) is 3. The number of hydrogen-bond donors (Lipinski definition) is 3. The number of carbonyl (C=O) groups is 2. The van der Waals surface area contributed by atoms with Crippen LogP contribution in [0.2, 0.25) is 10.2 Å². The molecule has 0 fully saturated rings. The molecular weight excluding hydrogens is 475 g/mol. The van der Waals surface area contributed by atoms with E-state index in [9.17, 15) is 9.59 Å². The van der Waals surface area contributed by atoms with Gasteiger partial charge in [0.15, 0.2) is 0 Å². The molecule has 34 heavy (non-hydrogen) atoms. The van der Waals surface area contributed by atoms with Crippen molar-refractivity contribution in [3.63, 3.8) is 0 Å². The van der Waals surface area contributed by atoms with Gasteiger partial charge in [-0.3, -0.25) is 14.0 Å². The second-order valence-electron chi connectivity index (χ2n) is 7.86. The van der Waals surface area contributed by atoms with E-state index >= 15 is 0 Å². The van der Waals surface area contributed by atoms with Gasteiger partial charge in [0.2, 0.25) is 11.7 Å². The third-order valence-electron chi connectivity index (χ3n) is 5.49. The van der Waals surface area contributed by atoms with E-state index in [1.807, 2.05) is 55.7 Å². The highest BCUT2D eigenvalue weighted by Crippen LogP contribution is 2.22. The van der Waals surface area contributed by atoms with E-state index in [1.54, 1.807) is 10.6 Å². The molecule has 2 amide bonds. The van der Waals surface area contributed by atoms with E-state index in [4.69, 9.17) is 23.2 Å². The second kappa shape index (κ2) is 10.7. The van der Waals surface area contributed by atoms with Crippen LogP contribution in [0, 0.1) is 0 Å². The zero-order valence-electron chi connectivity index (χ0n) is 18.5. The SMILES string of the molecule is CC[C@H](NC(=O)[C@H](CCc1ccccc1)NC(=O)c1cc(Cl)c(Cl)[nH]1)c1cn2cccnc2n1. The molecule has 3 N–H and O–H groups in total. The number of aromatic amines is 1. The summed E-state index contributed by atoms with van der Waals surface area (Å²) < 4.78 is 1.80. The predicted molar refractivity (Wildman–Crippen MR) is 131 cm³/mol. The van der Waals surface area contributed by atoms with Gasteiger partial charge in [-0.1, -0.05) is 60.5 Å². The van der Waals surface area contributed by atoms with Gasteiger partial charge in [0.25, 0.3) is 5.91 Å². The van der Waals surface area contributed by atoms with Crippen LogP contribution in [-0.2, 0) is 11.2 Å². The molecule has 2 atom stereocenters. The summed E-state index contributed by atoms with van der Waals surface area (Å²) in [7, 11) is 0. The summed E-state index contributed by atoms with van der Waals surface area (Å²) in [6.45, 7) is 1.96. The number of halogens is 2. The molecule has 0 saturated carbocycles. The van der Waals surface area contributed by atoms with Crippen LogP contribution in [0.4, 0.5) is 0 Å². The van der Waals surface area contributed by atoms with Crippen LogP contribution in [-0.4, -0.2) is 37.2 Å². The minimum Gasteiger partial charge on any atom is -0.346 e. The number of aryl methyl sites for hydroxylation is 1. The third-order valence-corrected chi connectivity index (χ3v) is 6.18. The van der Waals surface area contributed by atoms with Crippen LogP contribution in [0.5, 0.6) is 0 Å². The van der Waals surface area contributed by atoms with E-state index in [1.165, 1.54) is 6.07 Å². The normalized spacial score (nSPS) is 12.9. The van der Waals surface area contributed by atoms with Crippen LogP contribution in [0.15, 0.2) is 61.1 Å². The fraction of sp³-hybridized carbons (Fsp3) is 0.250. The van der Waals surface area contributed by atoms with Crippen LogP contribution in [0.1, 0.15) is 47.6 Å². The lowest BCUT2D eigenvalue weighted by Gasteiger charge is -2.22. The van der Waals surface area contributed by atoms with Gasteiger partial charge in [0.1, 0.15) is 16.9 Å². The average molecular weight is 499 g/mol. The van der Waals surface area contributed by atoms with Gasteiger partial charge in [-0.05, 0) is 37.0 Å². The summed E-state index contributed by atoms with van der Waals surface area (Å²) in [6, 6.07) is 11.9. The molecule has 0 spiro atoms. The number of rotatable bonds is 9. The summed E-state index contributed by atoms with van der Waals surface area (Å²) in [4.78, 5) is 37.6. The Labute approximate surface area is 206 Å². The molecule has 1 aromatic carbocycles. The molecule has 4 aromatic rings. The van der Waals surface area contributed by atoms with Crippen LogP contribution in [0.25, 0.3) is 5.78 Å². The Hall–Kier alpha value is -3.36. The number of amides is 2. The van der Waals surface area contributed by atoms with Crippen molar-refractivity contribution in [2.45, 2.75) is 38.3 Å². The van der Waals surface area contributed by atoms with E-state index in [2.05, 4.69) is 25.6 Å². The lowest BCUT2D eigenvalue weighted by Crippen LogP contribution is -2.48. The summed E-state index contributed by atoms with van der Waals surface area (Å²) in [5.41, 5.74) is 1.95. The topological polar surface area (TPSA) is 104 Å². The molecule has 0 aliphatic carbocycles. The fourth-order valence-corrected chi connectivity index (χ4v) is 3.97. The Kier molecular flexibility index (Phi) is 7.49. The first-order chi connectivity index (χ1) is 16.4. The minimum absolute atomic E-state index is 0.170. The number of carbonyl (C=O) groups excluding carboxylic acids is 2. The smallest absolute Gasteiger partial charge is 0.268 e. The first-order valence-electron chi connectivity index (χ1n) is 10.9. The molecule has 3 heterocycles. The number of fused-ring (bicyclic) bond motifs is 1. The summed E-state index contributed by atoms with van der Waals surface area (Å²) in [5.74, 6) is -0.212.